The highest BCUT2D eigenvalue weighted by Gasteiger charge is 2.12. The van der Waals surface area contributed by atoms with E-state index in [4.69, 9.17) is 4.74 Å². The van der Waals surface area contributed by atoms with Crippen LogP contribution in [0.5, 0.6) is 5.75 Å². The Hall–Kier alpha value is -2.45. The van der Waals surface area contributed by atoms with Crippen LogP contribution in [0.1, 0.15) is 16.7 Å². The molecule has 5 nitrogen and oxygen atoms in total. The Bertz CT molecular complexity index is 926. The van der Waals surface area contributed by atoms with Crippen LogP contribution in [-0.2, 0) is 10.5 Å². The van der Waals surface area contributed by atoms with Crippen LogP contribution < -0.4 is 10.1 Å². The predicted octanol–water partition coefficient (Wildman–Crippen LogP) is 4.60. The second-order valence-corrected chi connectivity index (χ2v) is 8.01. The fourth-order valence-electron chi connectivity index (χ4n) is 2.39. The van der Waals surface area contributed by atoms with Gasteiger partial charge in [-0.3, -0.25) is 10.1 Å². The van der Waals surface area contributed by atoms with E-state index in [1.165, 1.54) is 29.2 Å². The number of ether oxygens (including phenoxy) is 1. The zero-order valence-corrected chi connectivity index (χ0v) is 16.5. The fraction of sp³-hybridized carbons (Fsp3) is 0.211. The molecule has 3 aromatic rings. The first-order chi connectivity index (χ1) is 13.0. The summed E-state index contributed by atoms with van der Waals surface area (Å²) in [5, 5.41) is 11.0. The van der Waals surface area contributed by atoms with E-state index >= 15 is 0 Å². The van der Waals surface area contributed by atoms with Crippen LogP contribution in [0.2, 0.25) is 0 Å². The van der Waals surface area contributed by atoms with Gasteiger partial charge in [0.2, 0.25) is 5.13 Å². The summed E-state index contributed by atoms with van der Waals surface area (Å²) >= 11 is 2.62. The fourth-order valence-corrected chi connectivity index (χ4v) is 4.15. The molecular weight excluding hydrogens is 385 g/mol. The van der Waals surface area contributed by atoms with Crippen molar-refractivity contribution in [2.24, 2.45) is 0 Å². The summed E-state index contributed by atoms with van der Waals surface area (Å²) in [4.78, 5) is 12.1. The summed E-state index contributed by atoms with van der Waals surface area (Å²) in [6.45, 7) is 3.76. The maximum Gasteiger partial charge on any atom is 0.264 e. The number of rotatable bonds is 7. The van der Waals surface area contributed by atoms with Crippen LogP contribution in [0.4, 0.5) is 9.52 Å². The SMILES string of the molecule is Cc1cccc(C)c1OCC(=O)Nc1nnc(SCc2ccccc2F)s1. The second-order valence-electron chi connectivity index (χ2n) is 5.81. The van der Waals surface area contributed by atoms with Crippen LogP contribution in [-0.4, -0.2) is 22.7 Å². The molecule has 0 saturated carbocycles. The van der Waals surface area contributed by atoms with Crippen molar-refractivity contribution < 1.29 is 13.9 Å². The molecule has 0 spiro atoms. The van der Waals surface area contributed by atoms with Crippen molar-refractivity contribution >= 4 is 34.1 Å². The van der Waals surface area contributed by atoms with Crippen molar-refractivity contribution in [1.29, 1.82) is 0 Å². The highest BCUT2D eigenvalue weighted by atomic mass is 32.2. The molecule has 3 rings (SSSR count). The number of hydrogen-bond donors (Lipinski definition) is 1. The van der Waals surface area contributed by atoms with E-state index in [1.807, 2.05) is 32.0 Å². The van der Waals surface area contributed by atoms with Crippen molar-refractivity contribution in [2.45, 2.75) is 23.9 Å². The molecule has 1 aromatic heterocycles. The third-order valence-electron chi connectivity index (χ3n) is 3.72. The van der Waals surface area contributed by atoms with Crippen LogP contribution >= 0.6 is 23.1 Å². The molecule has 0 atom stereocenters. The van der Waals surface area contributed by atoms with E-state index in [9.17, 15) is 9.18 Å². The number of aromatic nitrogens is 2. The summed E-state index contributed by atoms with van der Waals surface area (Å²) in [5.74, 6) is 0.613. The van der Waals surface area contributed by atoms with E-state index in [2.05, 4.69) is 15.5 Å². The molecule has 1 N–H and O–H groups in total. The van der Waals surface area contributed by atoms with Crippen molar-refractivity contribution in [3.05, 3.63) is 65.0 Å². The van der Waals surface area contributed by atoms with E-state index in [0.717, 1.165) is 11.1 Å². The average molecular weight is 404 g/mol. The summed E-state index contributed by atoms with van der Waals surface area (Å²) < 4.78 is 19.9. The summed E-state index contributed by atoms with van der Waals surface area (Å²) in [6, 6.07) is 12.4. The molecule has 27 heavy (non-hydrogen) atoms. The van der Waals surface area contributed by atoms with Crippen LogP contribution in [0.15, 0.2) is 46.8 Å². The molecule has 140 valence electrons. The normalized spacial score (nSPS) is 10.6. The number of nitrogens with one attached hydrogen (secondary N) is 1. The Labute approximate surface area is 165 Å². The molecule has 8 heteroatoms. The largest absolute Gasteiger partial charge is 0.483 e. The molecule has 0 aliphatic carbocycles. The molecule has 0 radical (unpaired) electrons. The molecule has 0 aliphatic heterocycles. The predicted molar refractivity (Wildman–Crippen MR) is 106 cm³/mol. The second kappa shape index (κ2) is 8.96. The van der Waals surface area contributed by atoms with Gasteiger partial charge in [-0.1, -0.05) is 59.5 Å². The number of hydrogen-bond acceptors (Lipinski definition) is 6. The minimum Gasteiger partial charge on any atom is -0.483 e. The number of nitrogens with zero attached hydrogens (tertiary/aromatic N) is 2. The topological polar surface area (TPSA) is 64.1 Å². The van der Waals surface area contributed by atoms with Crippen LogP contribution in [0, 0.1) is 19.7 Å². The van der Waals surface area contributed by atoms with Gasteiger partial charge in [-0.05, 0) is 36.6 Å². The van der Waals surface area contributed by atoms with Crippen LogP contribution in [0.3, 0.4) is 0 Å². The Kier molecular flexibility index (Phi) is 6.41. The number of anilines is 1. The van der Waals surface area contributed by atoms with Gasteiger partial charge in [0.1, 0.15) is 11.6 Å². The first kappa shape index (κ1) is 19.3. The molecular formula is C19H18FN3O2S2. The maximum atomic E-state index is 13.6. The zero-order chi connectivity index (χ0) is 19.2. The summed E-state index contributed by atoms with van der Waals surface area (Å²) in [6.07, 6.45) is 0. The molecule has 0 aliphatic rings. The van der Waals surface area contributed by atoms with Crippen LogP contribution in [0.25, 0.3) is 0 Å². The third-order valence-corrected chi connectivity index (χ3v) is 5.74. The van der Waals surface area contributed by atoms with Gasteiger partial charge in [-0.25, -0.2) is 4.39 Å². The number of amides is 1. The maximum absolute atomic E-state index is 13.6. The van der Waals surface area contributed by atoms with Crippen molar-refractivity contribution in [3.8, 4) is 5.75 Å². The Morgan fingerprint density at radius 1 is 1.15 bits per heavy atom. The molecule has 0 saturated heterocycles. The van der Waals surface area contributed by atoms with Gasteiger partial charge < -0.3 is 4.74 Å². The lowest BCUT2D eigenvalue weighted by molar-refractivity contribution is -0.118. The smallest absolute Gasteiger partial charge is 0.264 e. The number of carbonyl (C=O) groups excluding carboxylic acids is 1. The first-order valence-corrected chi connectivity index (χ1v) is 10.0. The molecule has 1 heterocycles. The summed E-state index contributed by atoms with van der Waals surface area (Å²) in [5.41, 5.74) is 2.56. The number of thioether (sulfide) groups is 1. The minimum absolute atomic E-state index is 0.108. The van der Waals surface area contributed by atoms with Gasteiger partial charge in [0, 0.05) is 5.75 Å². The van der Waals surface area contributed by atoms with Crippen molar-refractivity contribution in [1.82, 2.24) is 10.2 Å². The lowest BCUT2D eigenvalue weighted by Gasteiger charge is -2.11. The Morgan fingerprint density at radius 2 is 1.89 bits per heavy atom. The Morgan fingerprint density at radius 3 is 2.63 bits per heavy atom. The van der Waals surface area contributed by atoms with Gasteiger partial charge in [0.05, 0.1) is 0 Å². The number of carbonyl (C=O) groups is 1. The van der Waals surface area contributed by atoms with Crippen molar-refractivity contribution in [3.63, 3.8) is 0 Å². The number of para-hydroxylation sites is 1. The van der Waals surface area contributed by atoms with Gasteiger partial charge in [0.15, 0.2) is 10.9 Å². The highest BCUT2D eigenvalue weighted by Crippen LogP contribution is 2.29. The van der Waals surface area contributed by atoms with Crippen molar-refractivity contribution in [2.75, 3.05) is 11.9 Å². The van der Waals surface area contributed by atoms with E-state index < -0.39 is 0 Å². The molecule has 0 fully saturated rings. The standard InChI is InChI=1S/C19H18FN3O2S2/c1-12-6-5-7-13(2)17(12)25-10-16(24)21-18-22-23-19(27-18)26-11-14-8-3-4-9-15(14)20/h3-9H,10-11H2,1-2H3,(H,21,22,24). The first-order valence-electron chi connectivity index (χ1n) is 8.21. The zero-order valence-electron chi connectivity index (χ0n) is 14.9. The van der Waals surface area contributed by atoms with Gasteiger partial charge >= 0.3 is 0 Å². The number of halogens is 1. The lowest BCUT2D eigenvalue weighted by atomic mass is 10.1. The number of aryl methyl sites for hydroxylation is 2. The highest BCUT2D eigenvalue weighted by molar-refractivity contribution is 8.00. The van der Waals surface area contributed by atoms with Gasteiger partial charge in [-0.2, -0.15) is 0 Å². The quantitative estimate of drug-likeness (QED) is 0.461. The van der Waals surface area contributed by atoms with Gasteiger partial charge in [0.25, 0.3) is 5.91 Å². The molecule has 0 bridgehead atoms. The Balaban J connectivity index is 1.51. The minimum atomic E-state index is -0.306. The number of benzene rings is 2. The van der Waals surface area contributed by atoms with E-state index in [-0.39, 0.29) is 18.3 Å². The van der Waals surface area contributed by atoms with Gasteiger partial charge in [-0.15, -0.1) is 10.2 Å². The molecule has 2 aromatic carbocycles. The molecule has 0 unspecified atom stereocenters. The molecule has 1 amide bonds. The average Bonchev–Trinajstić information content (AvgIpc) is 3.08. The third kappa shape index (κ3) is 5.27. The monoisotopic (exact) mass is 403 g/mol. The van der Waals surface area contributed by atoms with E-state index in [1.54, 1.807) is 18.2 Å². The lowest BCUT2D eigenvalue weighted by Crippen LogP contribution is -2.20. The van der Waals surface area contributed by atoms with E-state index in [0.29, 0.717) is 26.5 Å². The summed E-state index contributed by atoms with van der Waals surface area (Å²) in [7, 11) is 0.